The van der Waals surface area contributed by atoms with Gasteiger partial charge in [0.05, 0.1) is 6.10 Å². The van der Waals surface area contributed by atoms with E-state index in [4.69, 9.17) is 0 Å². The molecule has 4 rings (SSSR count). The zero-order valence-corrected chi connectivity index (χ0v) is 18.8. The Kier molecular flexibility index (Phi) is 5.45. The van der Waals surface area contributed by atoms with Crippen molar-refractivity contribution < 1.29 is 5.11 Å². The van der Waals surface area contributed by atoms with E-state index >= 15 is 0 Å². The largest absolute Gasteiger partial charge is 0.393 e. The van der Waals surface area contributed by atoms with Gasteiger partial charge in [0.1, 0.15) is 0 Å². The molecule has 0 bridgehead atoms. The second-order valence-electron chi connectivity index (χ2n) is 11.3. The third-order valence-corrected chi connectivity index (χ3v) is 9.57. The van der Waals surface area contributed by atoms with E-state index in [-0.39, 0.29) is 6.10 Å². The number of hydrogen-bond acceptors (Lipinski definition) is 1. The lowest BCUT2D eigenvalue weighted by molar-refractivity contribution is 0.0324. The number of hydrogen-bond donors (Lipinski definition) is 1. The van der Waals surface area contributed by atoms with Crippen LogP contribution in [0.5, 0.6) is 0 Å². The molecule has 0 aromatic carbocycles. The van der Waals surface area contributed by atoms with E-state index in [1.165, 1.54) is 62.5 Å². The summed E-state index contributed by atoms with van der Waals surface area (Å²) in [5.74, 6) is 3.24. The summed E-state index contributed by atoms with van der Waals surface area (Å²) in [6.45, 7) is 13.9. The zero-order valence-electron chi connectivity index (χ0n) is 18.8. The monoisotopic (exact) mass is 382 g/mol. The molecule has 0 saturated heterocycles. The van der Waals surface area contributed by atoms with Crippen molar-refractivity contribution in [3.63, 3.8) is 0 Å². The average Bonchev–Trinajstić information content (AvgIpc) is 2.99. The maximum atomic E-state index is 10.2. The Balaban J connectivity index is 1.54. The predicted molar refractivity (Wildman–Crippen MR) is 119 cm³/mol. The van der Waals surface area contributed by atoms with Crippen molar-refractivity contribution in [1.29, 1.82) is 0 Å². The van der Waals surface area contributed by atoms with Gasteiger partial charge in [-0.15, -0.1) is 6.58 Å². The van der Waals surface area contributed by atoms with E-state index in [9.17, 15) is 5.11 Å². The molecule has 1 heteroatoms. The summed E-state index contributed by atoms with van der Waals surface area (Å²) in [4.78, 5) is 0. The van der Waals surface area contributed by atoms with Gasteiger partial charge in [-0.1, -0.05) is 56.1 Å². The van der Waals surface area contributed by atoms with Crippen LogP contribution in [-0.4, -0.2) is 11.2 Å². The van der Waals surface area contributed by atoms with Crippen LogP contribution >= 0.6 is 0 Å². The molecule has 7 atom stereocenters. The molecule has 4 aliphatic carbocycles. The Bertz CT molecular complexity index is 684. The average molecular weight is 383 g/mol. The van der Waals surface area contributed by atoms with Crippen LogP contribution in [0.3, 0.4) is 0 Å². The second-order valence-corrected chi connectivity index (χ2v) is 11.3. The van der Waals surface area contributed by atoms with Crippen molar-refractivity contribution in [1.82, 2.24) is 0 Å². The summed E-state index contributed by atoms with van der Waals surface area (Å²) < 4.78 is 0. The fraction of sp³-hybridized carbons (Fsp3) is 0.778. The number of allylic oxidation sites excluding steroid dienone is 4. The first-order chi connectivity index (χ1) is 13.3. The van der Waals surface area contributed by atoms with Gasteiger partial charge in [0.2, 0.25) is 0 Å². The van der Waals surface area contributed by atoms with Crippen molar-refractivity contribution in [2.45, 2.75) is 98.0 Å². The van der Waals surface area contributed by atoms with Gasteiger partial charge >= 0.3 is 0 Å². The molecule has 0 aromatic heterocycles. The van der Waals surface area contributed by atoms with Gasteiger partial charge in [0, 0.05) is 0 Å². The van der Waals surface area contributed by atoms with E-state index < -0.39 is 0 Å². The lowest BCUT2D eigenvalue weighted by Gasteiger charge is -2.55. The van der Waals surface area contributed by atoms with Crippen LogP contribution in [0, 0.1) is 34.5 Å². The predicted octanol–water partition coefficient (Wildman–Crippen LogP) is 7.23. The van der Waals surface area contributed by atoms with Crippen molar-refractivity contribution >= 4 is 0 Å². The molecule has 0 amide bonds. The van der Waals surface area contributed by atoms with Crippen LogP contribution in [0.2, 0.25) is 0 Å². The summed E-state index contributed by atoms with van der Waals surface area (Å²) in [5, 5.41) is 10.2. The Morgan fingerprint density at radius 1 is 1.14 bits per heavy atom. The summed E-state index contributed by atoms with van der Waals surface area (Å²) >= 11 is 0. The molecule has 156 valence electrons. The molecule has 0 radical (unpaired) electrons. The van der Waals surface area contributed by atoms with Crippen LogP contribution < -0.4 is 0 Å². The molecule has 0 spiro atoms. The number of aliphatic hydroxyl groups excluding tert-OH is 1. The highest BCUT2D eigenvalue weighted by atomic mass is 16.3. The van der Waals surface area contributed by atoms with Crippen molar-refractivity contribution in [2.24, 2.45) is 34.5 Å². The molecule has 0 aliphatic heterocycles. The molecule has 1 nitrogen and oxygen atoms in total. The SMILES string of the molecule is C=C(C)CCC[C@@H](C)[C@H]1CC[C@H]2C3=CC=C4C[C@@H](O)CC[C@]4(C)[C@H]3CC[C@]12C. The molecule has 3 saturated carbocycles. The first-order valence-corrected chi connectivity index (χ1v) is 12.0. The highest BCUT2D eigenvalue weighted by Crippen LogP contribution is 2.66. The third-order valence-electron chi connectivity index (χ3n) is 9.57. The lowest BCUT2D eigenvalue weighted by Crippen LogP contribution is -2.46. The Morgan fingerprint density at radius 2 is 1.93 bits per heavy atom. The van der Waals surface area contributed by atoms with Gasteiger partial charge in [-0.2, -0.15) is 0 Å². The summed E-state index contributed by atoms with van der Waals surface area (Å²) in [7, 11) is 0. The van der Waals surface area contributed by atoms with Crippen LogP contribution in [0.15, 0.2) is 35.5 Å². The minimum Gasteiger partial charge on any atom is -0.393 e. The normalized spacial score (nSPS) is 43.3. The summed E-state index contributed by atoms with van der Waals surface area (Å²) in [6, 6.07) is 0. The van der Waals surface area contributed by atoms with E-state index in [1.54, 1.807) is 5.57 Å². The van der Waals surface area contributed by atoms with E-state index in [0.29, 0.717) is 10.8 Å². The van der Waals surface area contributed by atoms with Gasteiger partial charge in [-0.3, -0.25) is 0 Å². The Hall–Kier alpha value is -0.820. The lowest BCUT2D eigenvalue weighted by atomic mass is 9.50. The summed E-state index contributed by atoms with van der Waals surface area (Å²) in [6.07, 6.45) is 17.3. The molecular weight excluding hydrogens is 340 g/mol. The smallest absolute Gasteiger partial charge is 0.0578 e. The zero-order chi connectivity index (χ0) is 20.1. The molecule has 4 aliphatic rings. The maximum absolute atomic E-state index is 10.2. The molecule has 0 heterocycles. The molecule has 0 unspecified atom stereocenters. The minimum atomic E-state index is -0.112. The van der Waals surface area contributed by atoms with Crippen molar-refractivity contribution in [2.75, 3.05) is 0 Å². The van der Waals surface area contributed by atoms with Crippen LogP contribution in [0.25, 0.3) is 0 Å². The standard InChI is InChI=1S/C27H42O/c1-18(2)7-6-8-19(3)23-11-12-24-22-10-9-20-17-21(28)13-15-26(20,4)25(22)14-16-27(23,24)5/h9-10,19,21,23-25,28H,1,6-8,11-17H2,2-5H3/t19-,21+,23-,24+,25+,26+,27-/m1/s1. The topological polar surface area (TPSA) is 20.2 Å². The van der Waals surface area contributed by atoms with Crippen molar-refractivity contribution in [3.8, 4) is 0 Å². The quantitative estimate of drug-likeness (QED) is 0.497. The Labute approximate surface area is 173 Å². The number of rotatable bonds is 5. The third kappa shape index (κ3) is 3.26. The maximum Gasteiger partial charge on any atom is 0.0578 e. The summed E-state index contributed by atoms with van der Waals surface area (Å²) in [5.41, 5.74) is 5.47. The van der Waals surface area contributed by atoms with E-state index in [2.05, 4.69) is 46.4 Å². The molecule has 1 N–H and O–H groups in total. The first kappa shape index (κ1) is 20.5. The Morgan fingerprint density at radius 3 is 2.68 bits per heavy atom. The number of fused-ring (bicyclic) bond motifs is 5. The highest BCUT2D eigenvalue weighted by Gasteiger charge is 2.56. The van der Waals surface area contributed by atoms with E-state index in [0.717, 1.165) is 36.5 Å². The minimum absolute atomic E-state index is 0.112. The van der Waals surface area contributed by atoms with Gasteiger partial charge in [-0.25, -0.2) is 0 Å². The molecular formula is C27H42O. The fourth-order valence-corrected chi connectivity index (χ4v) is 7.89. The van der Waals surface area contributed by atoms with Crippen LogP contribution in [0.1, 0.15) is 91.9 Å². The fourth-order valence-electron chi connectivity index (χ4n) is 7.89. The molecule has 28 heavy (non-hydrogen) atoms. The first-order valence-electron chi connectivity index (χ1n) is 12.0. The van der Waals surface area contributed by atoms with E-state index in [1.807, 2.05) is 0 Å². The van der Waals surface area contributed by atoms with Crippen molar-refractivity contribution in [3.05, 3.63) is 35.5 Å². The molecule has 0 aromatic rings. The van der Waals surface area contributed by atoms with Gasteiger partial charge in [0.25, 0.3) is 0 Å². The van der Waals surface area contributed by atoms with Gasteiger partial charge < -0.3 is 5.11 Å². The van der Waals surface area contributed by atoms with Crippen LogP contribution in [0.4, 0.5) is 0 Å². The second kappa shape index (κ2) is 7.46. The van der Waals surface area contributed by atoms with Gasteiger partial charge in [0.15, 0.2) is 0 Å². The van der Waals surface area contributed by atoms with Crippen LogP contribution in [-0.2, 0) is 0 Å². The molecule has 3 fully saturated rings. The van der Waals surface area contributed by atoms with Gasteiger partial charge in [-0.05, 0) is 99.2 Å². The highest BCUT2D eigenvalue weighted by molar-refractivity contribution is 5.38. The number of aliphatic hydroxyl groups is 1.